The predicted octanol–water partition coefficient (Wildman–Crippen LogP) is 14.0. The van der Waals surface area contributed by atoms with Crippen LogP contribution in [-0.2, 0) is 82.4 Å². The number of carbonyl (C=O) groups is 1. The van der Waals surface area contributed by atoms with Crippen LogP contribution in [-0.4, -0.2) is 113 Å². The van der Waals surface area contributed by atoms with Crippen LogP contribution in [0, 0.1) is 46.5 Å². The van der Waals surface area contributed by atoms with Crippen LogP contribution in [0.3, 0.4) is 0 Å². The predicted molar refractivity (Wildman–Crippen MR) is 391 cm³/mol. The number of hydrogen-bond acceptors (Lipinski definition) is 12. The van der Waals surface area contributed by atoms with Crippen LogP contribution in [0.25, 0.3) is 0 Å². The molecule has 0 radical (unpaired) electrons. The molecule has 0 saturated carbocycles. The van der Waals surface area contributed by atoms with Gasteiger partial charge in [-0.15, -0.1) is 0 Å². The molecule has 0 aliphatic carbocycles. The number of nitrogens with one attached hydrogen (secondary N) is 1. The number of ether oxygens (including phenoxy) is 2. The van der Waals surface area contributed by atoms with E-state index in [2.05, 4.69) is 13.5 Å². The van der Waals surface area contributed by atoms with E-state index in [0.717, 1.165) is 65.1 Å². The molecule has 0 bridgehead atoms. The molecule has 5 atom stereocenters. The third kappa shape index (κ3) is 35.5. The second-order valence-corrected chi connectivity index (χ2v) is 38.0. The molecule has 31 heteroatoms. The van der Waals surface area contributed by atoms with Crippen LogP contribution in [0.2, 0.25) is 0 Å². The number of sulfone groups is 1. The smallest absolute Gasteiger partial charge is 0.211 e. The van der Waals surface area contributed by atoms with Gasteiger partial charge in [0.05, 0.1) is 89.7 Å². The first-order valence-electron chi connectivity index (χ1n) is 30.3. The van der Waals surface area contributed by atoms with Crippen molar-refractivity contribution in [1.29, 1.82) is 0 Å². The summed E-state index contributed by atoms with van der Waals surface area (Å²) in [5.74, 6) is -5.14. The van der Waals surface area contributed by atoms with Gasteiger partial charge in [-0.25, -0.2) is 77.8 Å². The van der Waals surface area contributed by atoms with Gasteiger partial charge in [-0.3, -0.25) is 9.93 Å². The molecule has 0 unspecified atom stereocenters. The number of nitrogens with two attached hydrogens (primary N) is 2. The van der Waals surface area contributed by atoms with Gasteiger partial charge in [-0.1, -0.05) is 37.3 Å². The highest BCUT2D eigenvalue weighted by Gasteiger charge is 2.38. The second-order valence-electron chi connectivity index (χ2n) is 26.0. The van der Waals surface area contributed by atoms with E-state index < -0.39 is 142 Å². The highest BCUT2D eigenvalue weighted by molar-refractivity contribution is 7.91. The largest absolute Gasteiger partial charge is 0.497 e. The number of ketones is 1. The first-order chi connectivity index (χ1) is 45.6. The van der Waals surface area contributed by atoms with Crippen molar-refractivity contribution in [3.05, 3.63) is 201 Å². The van der Waals surface area contributed by atoms with Crippen molar-refractivity contribution in [3.8, 4) is 11.5 Å². The first-order valence-corrected chi connectivity index (χ1v) is 38.5. The number of Topliss-reactive ketones (excluding diaryl/α,β-unsaturated/α-hetero) is 1. The lowest BCUT2D eigenvalue weighted by Gasteiger charge is -2.33. The molecule has 6 rings (SSSR count). The normalized spacial score (nSPS) is 13.8. The maximum absolute atomic E-state index is 14.2. The number of carbonyl (C=O) groups excluding carboxylic acids is 1. The zero-order chi connectivity index (χ0) is 77.9. The summed E-state index contributed by atoms with van der Waals surface area (Å²) in [6.45, 7) is 29.6. The minimum atomic E-state index is -3.50. The second kappa shape index (κ2) is 41.7. The zero-order valence-electron chi connectivity index (χ0n) is 60.3. The van der Waals surface area contributed by atoms with E-state index in [1.165, 1.54) is 49.5 Å². The molecule has 6 aromatic rings. The third-order valence-corrected chi connectivity index (χ3v) is 22.0. The summed E-state index contributed by atoms with van der Waals surface area (Å²) in [4.78, 5) is 10.6. The van der Waals surface area contributed by atoms with Crippen LogP contribution < -0.4 is 25.1 Å². The average Bonchev–Trinajstić information content (AvgIpc) is 0.783. The van der Waals surface area contributed by atoms with Crippen molar-refractivity contribution in [1.82, 2.24) is 9.03 Å². The third-order valence-electron chi connectivity index (χ3n) is 12.9. The molecule has 0 amide bonds. The van der Waals surface area contributed by atoms with Crippen molar-refractivity contribution in [3.63, 3.8) is 0 Å². The van der Waals surface area contributed by atoms with Gasteiger partial charge in [0.1, 0.15) is 80.0 Å². The highest BCUT2D eigenvalue weighted by atomic mass is 32.2. The monoisotopic (exact) mass is 1530 g/mol. The van der Waals surface area contributed by atoms with Crippen LogP contribution in [0.5, 0.6) is 11.5 Å². The molecule has 100 heavy (non-hydrogen) atoms. The fourth-order valence-electron chi connectivity index (χ4n) is 6.83. The van der Waals surface area contributed by atoms with Gasteiger partial charge in [-0.05, 0) is 189 Å². The lowest BCUT2D eigenvalue weighted by molar-refractivity contribution is 0.101. The van der Waals surface area contributed by atoms with Gasteiger partial charge in [0.25, 0.3) is 0 Å². The summed E-state index contributed by atoms with van der Waals surface area (Å²) in [6.07, 6.45) is 1.19. The Bertz CT molecular complexity index is 3920. The van der Waals surface area contributed by atoms with Crippen LogP contribution in [0.1, 0.15) is 156 Å². The number of halogens is 8. The summed E-state index contributed by atoms with van der Waals surface area (Å²) >= 11 is 0. The Hall–Kier alpha value is -6.29. The van der Waals surface area contributed by atoms with Crippen molar-refractivity contribution in [2.45, 2.75) is 155 Å². The molecule has 560 valence electrons. The molecular formula is C69H96F8N6O11S6. The molecule has 0 fully saturated rings. The van der Waals surface area contributed by atoms with E-state index >= 15 is 0 Å². The lowest BCUT2D eigenvalue weighted by atomic mass is 9.95. The summed E-state index contributed by atoms with van der Waals surface area (Å²) < 4.78 is 217. The Balaban J connectivity index is 0.00000117. The molecule has 0 spiro atoms. The molecule has 17 nitrogen and oxygen atoms in total. The quantitative estimate of drug-likeness (QED) is 0.0437. The zero-order valence-corrected chi connectivity index (χ0v) is 65.2. The van der Waals surface area contributed by atoms with E-state index in [9.17, 15) is 73.6 Å². The standard InChI is InChI=1S/C15H23F2NO3S2.2C12H15F2NOS.C10H15NO3S.C8H6F2O.C8H11NO.C4H11NOS/c1-6-23(20,21)10-15(5,18-22(19)14(2,3)4)12-8-7-11(16)9-13(12)17;2*1-8(15-17(16)12(2,3)4)10-6-5-9(13)7-11(10)14;1-11(15(3,12)13)8-9-4-6-10(14-2)7-5-9;1-5(11)7-3-2-6(9)4-8(7)10;1-10-8-4-2-7(6-9)3-5-8;1-4(2,3)7(5)6/h7-9,18H,6,10H2,1-5H3;2*5-7H,1-4H3;4-7H,8H2,1-3H3;2-4H,1H3;2-5H,6,9H2,1H3;5H2,1-3H3/t15-,22+;2*17-;;;;7-/m011...1/s1. The minimum absolute atomic E-state index is 0.0338. The van der Waals surface area contributed by atoms with Gasteiger partial charge >= 0.3 is 0 Å². The Kier molecular flexibility index (Phi) is 39.1. The fourth-order valence-corrected chi connectivity index (χ4v) is 10.8. The molecule has 0 heterocycles. The van der Waals surface area contributed by atoms with E-state index in [0.29, 0.717) is 36.6 Å². The fraction of sp³-hybridized carbons (Fsp3) is 0.435. The number of rotatable bonds is 17. The SMILES string of the molecule is CC(=N[S@](=O)C(C)(C)C)c1ccc(F)cc1F.CC(=N[S@](=O)C(C)(C)C)c1ccc(F)cc1F.CC(=O)c1ccc(F)cc1F.CC(C)(C)[S@](N)=O.CCS(=O)(=O)C[C@](C)(N[S@](=O)C(C)(C)C)c1ccc(F)cc1F.COc1ccc(CN(C)S(C)(=O)=O)cc1.COc1ccc(CN)cc1. The van der Waals surface area contributed by atoms with Gasteiger partial charge < -0.3 is 15.2 Å². The Labute approximate surface area is 596 Å². The van der Waals surface area contributed by atoms with Crippen molar-refractivity contribution in [2.75, 3.05) is 39.0 Å². The average molecular weight is 1530 g/mol. The molecular weight excluding hydrogens is 1430 g/mol. The topological polar surface area (TPSA) is 264 Å². The number of nitrogens with zero attached hydrogens (tertiary/aromatic N) is 3. The summed E-state index contributed by atoms with van der Waals surface area (Å²) in [5.41, 5.74) is 6.85. The number of hydrogen-bond donors (Lipinski definition) is 3. The minimum Gasteiger partial charge on any atom is -0.497 e. The number of benzene rings is 6. The maximum atomic E-state index is 14.2. The maximum Gasteiger partial charge on any atom is 0.211 e. The van der Waals surface area contributed by atoms with Gasteiger partial charge in [0, 0.05) is 66.8 Å². The molecule has 6 aromatic carbocycles. The van der Waals surface area contributed by atoms with Gasteiger partial charge in [-0.2, -0.15) is 8.80 Å². The van der Waals surface area contributed by atoms with E-state index in [-0.39, 0.29) is 32.8 Å². The summed E-state index contributed by atoms with van der Waals surface area (Å²) in [6, 6.07) is 27.3. The lowest BCUT2D eigenvalue weighted by Crippen LogP contribution is -2.50. The van der Waals surface area contributed by atoms with Crippen LogP contribution >= 0.6 is 0 Å². The van der Waals surface area contributed by atoms with Crippen LogP contribution in [0.15, 0.2) is 130 Å². The molecule has 0 saturated heterocycles. The van der Waals surface area contributed by atoms with Crippen molar-refractivity contribution in [2.24, 2.45) is 19.7 Å². The number of methoxy groups -OCH3 is 2. The van der Waals surface area contributed by atoms with Crippen LogP contribution in [0.4, 0.5) is 35.1 Å². The van der Waals surface area contributed by atoms with Crippen molar-refractivity contribution < 1.29 is 83.1 Å². The Morgan fingerprint density at radius 1 is 0.520 bits per heavy atom. The van der Waals surface area contributed by atoms with E-state index in [4.69, 9.17) is 20.3 Å². The first kappa shape index (κ1) is 93.7. The molecule has 0 aliphatic heterocycles. The molecule has 5 N–H and O–H groups in total. The van der Waals surface area contributed by atoms with Gasteiger partial charge in [0.15, 0.2) is 15.6 Å². The van der Waals surface area contributed by atoms with E-state index in [1.807, 2.05) is 69.3 Å². The number of sulfonamides is 1. The van der Waals surface area contributed by atoms with Gasteiger partial charge in [0.2, 0.25) is 10.0 Å². The van der Waals surface area contributed by atoms with Crippen molar-refractivity contribution >= 4 is 81.0 Å². The molecule has 0 aromatic heterocycles. The summed E-state index contributed by atoms with van der Waals surface area (Å²) in [7, 11) is -7.54. The molecule has 0 aliphatic rings. The Morgan fingerprint density at radius 2 is 0.850 bits per heavy atom. The highest BCUT2D eigenvalue weighted by Crippen LogP contribution is 2.29. The van der Waals surface area contributed by atoms with E-state index in [1.54, 1.807) is 97.4 Å². The Morgan fingerprint density at radius 3 is 1.12 bits per heavy atom. The summed E-state index contributed by atoms with van der Waals surface area (Å²) in [5, 5.41) is 5.04.